The van der Waals surface area contributed by atoms with Crippen molar-refractivity contribution >= 4 is 27.2 Å². The summed E-state index contributed by atoms with van der Waals surface area (Å²) >= 11 is 1.61. The van der Waals surface area contributed by atoms with Crippen LogP contribution in [0.3, 0.4) is 0 Å². The lowest BCUT2D eigenvalue weighted by Crippen LogP contribution is -2.45. The van der Waals surface area contributed by atoms with Gasteiger partial charge in [-0.05, 0) is 30.2 Å². The molecule has 0 aliphatic rings. The predicted octanol–water partition coefficient (Wildman–Crippen LogP) is 2.96. The Morgan fingerprint density at radius 3 is 2.41 bits per heavy atom. The van der Waals surface area contributed by atoms with Gasteiger partial charge in [0.1, 0.15) is 9.84 Å². The second-order valence-corrected chi connectivity index (χ2v) is 9.99. The zero-order chi connectivity index (χ0) is 17.0. The summed E-state index contributed by atoms with van der Waals surface area (Å²) in [5.41, 5.74) is -0.113. The first kappa shape index (κ1) is 19.0. The Morgan fingerprint density at radius 1 is 1.32 bits per heavy atom. The molecule has 5 nitrogen and oxygen atoms in total. The molecular weight excluding hydrogens is 320 g/mol. The SMILES string of the molecule is C[C@H](CCS(C)(=O)=O)NC(=O)N[C@H](c1cccs1)C(C)(C)C. The molecule has 126 valence electrons. The van der Waals surface area contributed by atoms with E-state index < -0.39 is 9.84 Å². The highest BCUT2D eigenvalue weighted by Crippen LogP contribution is 2.34. The standard InChI is InChI=1S/C15H26N2O3S2/c1-11(8-10-22(5,19)20)16-14(18)17-13(15(2,3)4)12-7-6-9-21-12/h6-7,9,11,13H,8,10H2,1-5H3,(H2,16,17,18)/t11-,13-/m1/s1. The Bertz CT molecular complexity index is 574. The minimum atomic E-state index is -3.01. The lowest BCUT2D eigenvalue weighted by molar-refractivity contribution is 0.216. The van der Waals surface area contributed by atoms with Gasteiger partial charge < -0.3 is 10.6 Å². The molecule has 22 heavy (non-hydrogen) atoms. The quantitative estimate of drug-likeness (QED) is 0.831. The Morgan fingerprint density at radius 2 is 1.95 bits per heavy atom. The first-order chi connectivity index (χ1) is 9.99. The van der Waals surface area contributed by atoms with E-state index in [1.807, 2.05) is 24.4 Å². The van der Waals surface area contributed by atoms with Crippen molar-refractivity contribution in [2.24, 2.45) is 5.41 Å². The fourth-order valence-corrected chi connectivity index (χ4v) is 3.83. The average molecular weight is 347 g/mol. The van der Waals surface area contributed by atoms with E-state index in [-0.39, 0.29) is 29.3 Å². The molecule has 0 radical (unpaired) electrons. The number of hydrogen-bond donors (Lipinski definition) is 2. The van der Waals surface area contributed by atoms with Crippen molar-refractivity contribution in [3.05, 3.63) is 22.4 Å². The van der Waals surface area contributed by atoms with Gasteiger partial charge in [-0.2, -0.15) is 0 Å². The van der Waals surface area contributed by atoms with E-state index in [0.717, 1.165) is 4.88 Å². The van der Waals surface area contributed by atoms with Crippen LogP contribution < -0.4 is 10.6 Å². The molecule has 0 aliphatic heterocycles. The Balaban J connectivity index is 2.61. The molecule has 2 amide bonds. The number of carbonyl (C=O) groups excluding carboxylic acids is 1. The van der Waals surface area contributed by atoms with Crippen LogP contribution in [0.1, 0.15) is 45.0 Å². The molecule has 1 aromatic heterocycles. The van der Waals surface area contributed by atoms with Crippen molar-refractivity contribution in [1.82, 2.24) is 10.6 Å². The highest BCUT2D eigenvalue weighted by molar-refractivity contribution is 7.90. The molecule has 0 aliphatic carbocycles. The van der Waals surface area contributed by atoms with Gasteiger partial charge in [-0.3, -0.25) is 0 Å². The van der Waals surface area contributed by atoms with Crippen molar-refractivity contribution in [2.45, 2.75) is 46.2 Å². The molecule has 0 bridgehead atoms. The monoisotopic (exact) mass is 346 g/mol. The van der Waals surface area contributed by atoms with Crippen LogP contribution in [0.5, 0.6) is 0 Å². The molecule has 0 saturated carbocycles. The molecule has 0 saturated heterocycles. The average Bonchev–Trinajstić information content (AvgIpc) is 2.84. The Labute approximate surface area is 137 Å². The van der Waals surface area contributed by atoms with Gasteiger partial charge in [-0.25, -0.2) is 13.2 Å². The van der Waals surface area contributed by atoms with E-state index in [1.54, 1.807) is 11.3 Å². The van der Waals surface area contributed by atoms with Crippen LogP contribution in [-0.2, 0) is 9.84 Å². The second-order valence-electron chi connectivity index (χ2n) is 6.75. The maximum absolute atomic E-state index is 12.2. The summed E-state index contributed by atoms with van der Waals surface area (Å²) in [5, 5.41) is 7.79. The highest BCUT2D eigenvalue weighted by atomic mass is 32.2. The minimum Gasteiger partial charge on any atom is -0.336 e. The number of nitrogens with one attached hydrogen (secondary N) is 2. The molecule has 1 aromatic rings. The smallest absolute Gasteiger partial charge is 0.315 e. The van der Waals surface area contributed by atoms with Crippen molar-refractivity contribution in [1.29, 1.82) is 0 Å². The molecule has 0 unspecified atom stereocenters. The normalized spacial score (nSPS) is 15.1. The van der Waals surface area contributed by atoms with Crippen LogP contribution in [-0.4, -0.2) is 32.5 Å². The van der Waals surface area contributed by atoms with Crippen LogP contribution in [0.4, 0.5) is 4.79 Å². The predicted molar refractivity (Wildman–Crippen MR) is 92.0 cm³/mol. The number of hydrogen-bond acceptors (Lipinski definition) is 4. The van der Waals surface area contributed by atoms with Crippen LogP contribution in [0.2, 0.25) is 0 Å². The Hall–Kier alpha value is -1.08. The summed E-state index contributed by atoms with van der Waals surface area (Å²) < 4.78 is 22.3. The summed E-state index contributed by atoms with van der Waals surface area (Å²) in [7, 11) is -3.01. The summed E-state index contributed by atoms with van der Waals surface area (Å²) in [6.45, 7) is 8.03. The Kier molecular flexibility index (Phi) is 6.43. The lowest BCUT2D eigenvalue weighted by atomic mass is 9.86. The maximum Gasteiger partial charge on any atom is 0.315 e. The third-order valence-corrected chi connectivity index (χ3v) is 5.18. The van der Waals surface area contributed by atoms with Crippen LogP contribution in [0.15, 0.2) is 17.5 Å². The van der Waals surface area contributed by atoms with Gasteiger partial charge in [0.05, 0.1) is 11.8 Å². The number of urea groups is 1. The van der Waals surface area contributed by atoms with E-state index >= 15 is 0 Å². The van der Waals surface area contributed by atoms with E-state index in [9.17, 15) is 13.2 Å². The van der Waals surface area contributed by atoms with E-state index in [1.165, 1.54) is 6.26 Å². The van der Waals surface area contributed by atoms with Crippen molar-refractivity contribution < 1.29 is 13.2 Å². The summed E-state index contributed by atoms with van der Waals surface area (Å²) in [6.07, 6.45) is 1.61. The molecular formula is C15H26N2O3S2. The van der Waals surface area contributed by atoms with E-state index in [2.05, 4.69) is 31.4 Å². The van der Waals surface area contributed by atoms with Gasteiger partial charge in [0, 0.05) is 17.2 Å². The van der Waals surface area contributed by atoms with Crippen LogP contribution >= 0.6 is 11.3 Å². The lowest BCUT2D eigenvalue weighted by Gasteiger charge is -2.31. The molecule has 7 heteroatoms. The molecule has 0 fully saturated rings. The first-order valence-electron chi connectivity index (χ1n) is 7.27. The second kappa shape index (κ2) is 7.46. The number of amides is 2. The molecule has 0 aromatic carbocycles. The number of rotatable bonds is 6. The van der Waals surface area contributed by atoms with Crippen LogP contribution in [0, 0.1) is 5.41 Å². The molecule has 1 rings (SSSR count). The fourth-order valence-electron chi connectivity index (χ4n) is 2.03. The van der Waals surface area contributed by atoms with Gasteiger partial charge in [0.25, 0.3) is 0 Å². The minimum absolute atomic E-state index is 0.0715. The first-order valence-corrected chi connectivity index (χ1v) is 10.2. The molecule has 2 atom stereocenters. The maximum atomic E-state index is 12.2. The van der Waals surface area contributed by atoms with Crippen molar-refractivity contribution in [2.75, 3.05) is 12.0 Å². The van der Waals surface area contributed by atoms with Gasteiger partial charge in [0.2, 0.25) is 0 Å². The van der Waals surface area contributed by atoms with Crippen LogP contribution in [0.25, 0.3) is 0 Å². The third kappa shape index (κ3) is 6.79. The van der Waals surface area contributed by atoms with Gasteiger partial charge >= 0.3 is 6.03 Å². The van der Waals surface area contributed by atoms with Crippen molar-refractivity contribution in [3.63, 3.8) is 0 Å². The highest BCUT2D eigenvalue weighted by Gasteiger charge is 2.28. The zero-order valence-electron chi connectivity index (χ0n) is 13.8. The topological polar surface area (TPSA) is 75.3 Å². The number of carbonyl (C=O) groups is 1. The van der Waals surface area contributed by atoms with E-state index in [4.69, 9.17) is 0 Å². The van der Waals surface area contributed by atoms with Crippen molar-refractivity contribution in [3.8, 4) is 0 Å². The van der Waals surface area contributed by atoms with E-state index in [0.29, 0.717) is 6.42 Å². The third-order valence-electron chi connectivity index (χ3n) is 3.27. The summed E-state index contributed by atoms with van der Waals surface area (Å²) in [5.74, 6) is 0.0715. The fraction of sp³-hybridized carbons (Fsp3) is 0.667. The summed E-state index contributed by atoms with van der Waals surface area (Å²) in [4.78, 5) is 13.3. The molecule has 2 N–H and O–H groups in total. The molecule has 0 spiro atoms. The number of thiophene rings is 1. The zero-order valence-corrected chi connectivity index (χ0v) is 15.5. The van der Waals surface area contributed by atoms with Gasteiger partial charge in [0.15, 0.2) is 0 Å². The summed E-state index contributed by atoms with van der Waals surface area (Å²) in [6, 6.07) is 3.42. The largest absolute Gasteiger partial charge is 0.336 e. The van der Waals surface area contributed by atoms with Gasteiger partial charge in [-0.1, -0.05) is 26.8 Å². The molecule has 1 heterocycles. The van der Waals surface area contributed by atoms with Gasteiger partial charge in [-0.15, -0.1) is 11.3 Å². The number of sulfone groups is 1.